The van der Waals surface area contributed by atoms with Crippen LogP contribution in [0.4, 0.5) is 11.4 Å². The number of benzene rings is 4. The molecule has 0 saturated carbocycles. The number of carbonyl (C=O) groups excluding carboxylic acids is 2. The van der Waals surface area contributed by atoms with Crippen LogP contribution in [0.1, 0.15) is 28.4 Å². The monoisotopic (exact) mass is 604 g/mol. The first-order valence-corrected chi connectivity index (χ1v) is 14.6. The average molecular weight is 605 g/mol. The predicted octanol–water partition coefficient (Wildman–Crippen LogP) is 5.65. The fraction of sp³-hybridized carbons (Fsp3) is 0.129. The fourth-order valence-corrected chi connectivity index (χ4v) is 5.58. The van der Waals surface area contributed by atoms with E-state index in [-0.39, 0.29) is 27.3 Å². The maximum atomic E-state index is 13.7. The van der Waals surface area contributed by atoms with Crippen LogP contribution < -0.4 is 19.8 Å². The van der Waals surface area contributed by atoms with Crippen molar-refractivity contribution in [3.63, 3.8) is 0 Å². The molecule has 0 fully saturated rings. The Bertz CT molecular complexity index is 1730. The van der Waals surface area contributed by atoms with Crippen molar-refractivity contribution in [1.82, 2.24) is 5.43 Å². The maximum Gasteiger partial charge on any atom is 0.264 e. The smallest absolute Gasteiger partial charge is 0.264 e. The predicted molar refractivity (Wildman–Crippen MR) is 165 cm³/mol. The summed E-state index contributed by atoms with van der Waals surface area (Å²) in [7, 11) is -2.80. The first-order valence-electron chi connectivity index (χ1n) is 12.8. The third-order valence-electron chi connectivity index (χ3n) is 6.23. The number of methoxy groups -OCH3 is 1. The van der Waals surface area contributed by atoms with Gasteiger partial charge in [-0.05, 0) is 74.0 Å². The van der Waals surface area contributed by atoms with E-state index >= 15 is 0 Å². The largest absolute Gasteiger partial charge is 0.495 e. The molecule has 0 aliphatic rings. The molecule has 0 unspecified atom stereocenters. The van der Waals surface area contributed by atoms with Crippen LogP contribution in [0, 0.1) is 6.92 Å². The molecule has 42 heavy (non-hydrogen) atoms. The van der Waals surface area contributed by atoms with E-state index in [2.05, 4.69) is 15.8 Å². The molecule has 0 saturated heterocycles. The molecule has 216 valence electrons. The lowest BCUT2D eigenvalue weighted by Crippen LogP contribution is -2.40. The minimum atomic E-state index is -4.20. The Morgan fingerprint density at radius 3 is 2.29 bits per heavy atom. The number of hydrogen-bond acceptors (Lipinski definition) is 6. The Balaban J connectivity index is 1.56. The number of nitrogens with zero attached hydrogens (tertiary/aromatic N) is 2. The van der Waals surface area contributed by atoms with Gasteiger partial charge < -0.3 is 10.1 Å². The molecule has 0 aliphatic carbocycles. The Morgan fingerprint density at radius 1 is 0.905 bits per heavy atom. The van der Waals surface area contributed by atoms with E-state index in [1.54, 1.807) is 73.7 Å². The highest BCUT2D eigenvalue weighted by molar-refractivity contribution is 7.92. The summed E-state index contributed by atoms with van der Waals surface area (Å²) in [5.74, 6) is -0.737. The Labute approximate surface area is 249 Å². The molecule has 0 bridgehead atoms. The number of carbonyl (C=O) groups is 2. The third-order valence-corrected chi connectivity index (χ3v) is 8.24. The number of nitrogens with one attached hydrogen (secondary N) is 2. The van der Waals surface area contributed by atoms with Crippen molar-refractivity contribution in [2.75, 3.05) is 23.3 Å². The van der Waals surface area contributed by atoms with Gasteiger partial charge in [-0.25, -0.2) is 13.8 Å². The summed E-state index contributed by atoms with van der Waals surface area (Å²) >= 11 is 6.20. The quantitative estimate of drug-likeness (QED) is 0.179. The molecule has 0 spiro atoms. The Kier molecular flexibility index (Phi) is 9.61. The van der Waals surface area contributed by atoms with Gasteiger partial charge in [0.1, 0.15) is 12.3 Å². The number of halogens is 1. The second-order valence-electron chi connectivity index (χ2n) is 9.27. The summed E-state index contributed by atoms with van der Waals surface area (Å²) < 4.78 is 33.8. The molecule has 0 heterocycles. The number of sulfonamides is 1. The van der Waals surface area contributed by atoms with Crippen molar-refractivity contribution in [3.05, 3.63) is 119 Å². The zero-order chi connectivity index (χ0) is 30.3. The molecule has 9 nitrogen and oxygen atoms in total. The van der Waals surface area contributed by atoms with Crippen molar-refractivity contribution < 1.29 is 22.7 Å². The van der Waals surface area contributed by atoms with Gasteiger partial charge in [0.2, 0.25) is 0 Å². The molecular weight excluding hydrogens is 576 g/mol. The SMILES string of the molecule is COc1ccc(Cl)cc1N(CC(=O)N/N=C(/C)c1cccc(NC(=O)c2ccccc2)c1)S(=O)(=O)c1ccc(C)cc1. The molecule has 4 aromatic rings. The average Bonchev–Trinajstić information content (AvgIpc) is 2.99. The van der Waals surface area contributed by atoms with Gasteiger partial charge in [0.15, 0.2) is 0 Å². The first kappa shape index (κ1) is 30.3. The van der Waals surface area contributed by atoms with E-state index in [0.717, 1.165) is 9.87 Å². The molecule has 0 atom stereocenters. The number of aryl methyl sites for hydroxylation is 1. The number of anilines is 2. The molecule has 2 amide bonds. The van der Waals surface area contributed by atoms with Gasteiger partial charge in [-0.15, -0.1) is 0 Å². The van der Waals surface area contributed by atoms with E-state index in [1.807, 2.05) is 13.0 Å². The number of ether oxygens (including phenoxy) is 1. The number of amides is 2. The summed E-state index contributed by atoms with van der Waals surface area (Å²) in [4.78, 5) is 25.6. The molecule has 0 radical (unpaired) electrons. The zero-order valence-electron chi connectivity index (χ0n) is 23.2. The van der Waals surface area contributed by atoms with Gasteiger partial charge in [-0.1, -0.05) is 59.6 Å². The Hall–Kier alpha value is -4.67. The highest BCUT2D eigenvalue weighted by Crippen LogP contribution is 2.34. The van der Waals surface area contributed by atoms with Gasteiger partial charge in [0.25, 0.3) is 21.8 Å². The topological polar surface area (TPSA) is 117 Å². The molecule has 4 aromatic carbocycles. The van der Waals surface area contributed by atoms with Gasteiger partial charge in [-0.2, -0.15) is 5.10 Å². The summed E-state index contributed by atoms with van der Waals surface area (Å²) in [5.41, 5.74) is 5.56. The van der Waals surface area contributed by atoms with Crippen LogP contribution in [0.5, 0.6) is 5.75 Å². The molecule has 4 rings (SSSR count). The van der Waals surface area contributed by atoms with Crippen LogP contribution in [0.2, 0.25) is 5.02 Å². The highest BCUT2D eigenvalue weighted by Gasteiger charge is 2.29. The fourth-order valence-electron chi connectivity index (χ4n) is 3.99. The van der Waals surface area contributed by atoms with E-state index in [4.69, 9.17) is 16.3 Å². The van der Waals surface area contributed by atoms with Gasteiger partial charge >= 0.3 is 0 Å². The lowest BCUT2D eigenvalue weighted by Gasteiger charge is -2.25. The van der Waals surface area contributed by atoms with E-state index in [9.17, 15) is 18.0 Å². The normalized spacial score (nSPS) is 11.5. The summed E-state index contributed by atoms with van der Waals surface area (Å²) in [6, 6.07) is 26.6. The van der Waals surface area contributed by atoms with Gasteiger partial charge in [0.05, 0.1) is 23.4 Å². The highest BCUT2D eigenvalue weighted by atomic mass is 35.5. The van der Waals surface area contributed by atoms with Gasteiger partial charge in [0, 0.05) is 16.3 Å². The number of hydrazone groups is 1. The van der Waals surface area contributed by atoms with Crippen LogP contribution >= 0.6 is 11.6 Å². The zero-order valence-corrected chi connectivity index (χ0v) is 24.7. The first-order chi connectivity index (χ1) is 20.1. The van der Waals surface area contributed by atoms with Crippen molar-refractivity contribution in [2.24, 2.45) is 5.10 Å². The second kappa shape index (κ2) is 13.3. The van der Waals surface area contributed by atoms with Gasteiger partial charge in [-0.3, -0.25) is 13.9 Å². The van der Waals surface area contributed by atoms with Crippen molar-refractivity contribution in [2.45, 2.75) is 18.7 Å². The van der Waals surface area contributed by atoms with Crippen LogP contribution in [-0.4, -0.2) is 39.6 Å². The van der Waals surface area contributed by atoms with E-state index in [0.29, 0.717) is 22.5 Å². The van der Waals surface area contributed by atoms with Crippen molar-refractivity contribution in [1.29, 1.82) is 0 Å². The van der Waals surface area contributed by atoms with Crippen LogP contribution in [-0.2, 0) is 14.8 Å². The van der Waals surface area contributed by atoms with Crippen molar-refractivity contribution in [3.8, 4) is 5.75 Å². The maximum absolute atomic E-state index is 13.7. The molecule has 0 aliphatic heterocycles. The molecular formula is C31H29ClN4O5S. The van der Waals surface area contributed by atoms with Crippen LogP contribution in [0.15, 0.2) is 107 Å². The third kappa shape index (κ3) is 7.34. The summed E-state index contributed by atoms with van der Waals surface area (Å²) in [6.07, 6.45) is 0. The van der Waals surface area contributed by atoms with Crippen LogP contribution in [0.25, 0.3) is 0 Å². The standard InChI is InChI=1S/C31H29ClN4O5S/c1-21-12-15-27(16-13-21)42(39,40)36(28-19-25(32)14-17-29(28)41-3)20-30(37)35-34-22(2)24-10-7-11-26(18-24)33-31(38)23-8-5-4-6-9-23/h4-19H,20H2,1-3H3,(H,33,38)(H,35,37)/b34-22-. The summed E-state index contributed by atoms with van der Waals surface area (Å²) in [5, 5.41) is 7.27. The number of rotatable bonds is 10. The summed E-state index contributed by atoms with van der Waals surface area (Å²) in [6.45, 7) is 2.92. The van der Waals surface area contributed by atoms with E-state index in [1.165, 1.54) is 31.4 Å². The molecule has 0 aromatic heterocycles. The van der Waals surface area contributed by atoms with E-state index < -0.39 is 22.5 Å². The van der Waals surface area contributed by atoms with Crippen LogP contribution in [0.3, 0.4) is 0 Å². The minimum absolute atomic E-state index is 0.00280. The second-order valence-corrected chi connectivity index (χ2v) is 11.6. The lowest BCUT2D eigenvalue weighted by atomic mass is 10.1. The minimum Gasteiger partial charge on any atom is -0.495 e. The van der Waals surface area contributed by atoms with Crippen molar-refractivity contribution >= 4 is 50.5 Å². The Morgan fingerprint density at radius 2 is 1.60 bits per heavy atom. The molecule has 2 N–H and O–H groups in total. The number of hydrogen-bond donors (Lipinski definition) is 2. The lowest BCUT2D eigenvalue weighted by molar-refractivity contribution is -0.119. The molecule has 11 heteroatoms.